The monoisotopic (exact) mass is 512 g/mol. The van der Waals surface area contributed by atoms with Crippen LogP contribution in [0, 0.1) is 0 Å². The van der Waals surface area contributed by atoms with Crippen molar-refractivity contribution in [3.63, 3.8) is 0 Å². The summed E-state index contributed by atoms with van der Waals surface area (Å²) >= 11 is 0. The van der Waals surface area contributed by atoms with Gasteiger partial charge in [-0.05, 0) is 12.1 Å². The van der Waals surface area contributed by atoms with Crippen LogP contribution in [0.1, 0.15) is 0 Å². The van der Waals surface area contributed by atoms with Gasteiger partial charge in [0.2, 0.25) is 17.6 Å². The van der Waals surface area contributed by atoms with Crippen LogP contribution >= 0.6 is 0 Å². The van der Waals surface area contributed by atoms with Gasteiger partial charge in [0.15, 0.2) is 23.0 Å². The summed E-state index contributed by atoms with van der Waals surface area (Å²) in [4.78, 5) is 15.2. The van der Waals surface area contributed by atoms with E-state index in [2.05, 4.69) is 30.5 Å². The zero-order valence-electron chi connectivity index (χ0n) is 21.4. The number of benzene rings is 2. The van der Waals surface area contributed by atoms with Crippen molar-refractivity contribution in [1.82, 2.24) is 19.9 Å². The standard InChI is InChI=1S/C25H32N6O6/c1-32-19-6-5-17(13-20(19)37-12-9-31-7-10-36-11-8-31)28-24-26-16-27-25(30-24)29-18-14-21(33-2)23(35-4)22(15-18)34-3/h5-6,13-16H,7-12H2,1-4H3,(H2,26,27,28,29,30). The molecule has 1 saturated heterocycles. The van der Waals surface area contributed by atoms with Crippen LogP contribution in [0.15, 0.2) is 36.7 Å². The van der Waals surface area contributed by atoms with Crippen molar-refractivity contribution in [2.24, 2.45) is 0 Å². The molecule has 0 radical (unpaired) electrons. The number of aromatic nitrogens is 3. The van der Waals surface area contributed by atoms with E-state index in [-0.39, 0.29) is 0 Å². The van der Waals surface area contributed by atoms with Crippen molar-refractivity contribution < 1.29 is 28.4 Å². The number of ether oxygens (including phenoxy) is 6. The number of morpholine rings is 1. The smallest absolute Gasteiger partial charge is 0.232 e. The molecule has 12 heteroatoms. The first-order valence-electron chi connectivity index (χ1n) is 11.8. The quantitative estimate of drug-likeness (QED) is 0.371. The Bertz CT molecular complexity index is 1150. The van der Waals surface area contributed by atoms with E-state index in [1.54, 1.807) is 40.6 Å². The van der Waals surface area contributed by atoms with E-state index >= 15 is 0 Å². The van der Waals surface area contributed by atoms with Gasteiger partial charge in [-0.15, -0.1) is 0 Å². The number of nitrogens with one attached hydrogen (secondary N) is 2. The molecule has 0 aliphatic carbocycles. The normalized spacial score (nSPS) is 13.5. The van der Waals surface area contributed by atoms with E-state index in [0.29, 0.717) is 52.9 Å². The van der Waals surface area contributed by atoms with E-state index in [4.69, 9.17) is 28.4 Å². The van der Waals surface area contributed by atoms with Gasteiger partial charge >= 0.3 is 0 Å². The minimum absolute atomic E-state index is 0.335. The summed E-state index contributed by atoms with van der Waals surface area (Å²) in [6, 6.07) is 9.09. The zero-order chi connectivity index (χ0) is 26.0. The number of hydrogen-bond acceptors (Lipinski definition) is 12. The molecule has 12 nitrogen and oxygen atoms in total. The second kappa shape index (κ2) is 12.8. The molecule has 2 heterocycles. The van der Waals surface area contributed by atoms with Gasteiger partial charge in [0, 0.05) is 49.2 Å². The van der Waals surface area contributed by atoms with E-state index < -0.39 is 0 Å². The molecule has 2 N–H and O–H groups in total. The molecular weight excluding hydrogens is 480 g/mol. The average molecular weight is 513 g/mol. The molecule has 1 aliphatic heterocycles. The summed E-state index contributed by atoms with van der Waals surface area (Å²) < 4.78 is 33.1. The SMILES string of the molecule is COc1ccc(Nc2ncnc(Nc3cc(OC)c(OC)c(OC)c3)n2)cc1OCCN1CCOCC1. The summed E-state index contributed by atoms with van der Waals surface area (Å²) in [5.74, 6) is 3.48. The molecule has 37 heavy (non-hydrogen) atoms. The molecule has 0 atom stereocenters. The van der Waals surface area contributed by atoms with E-state index in [9.17, 15) is 0 Å². The van der Waals surface area contributed by atoms with Crippen molar-refractivity contribution in [3.8, 4) is 28.7 Å². The molecule has 1 aromatic heterocycles. The lowest BCUT2D eigenvalue weighted by Crippen LogP contribution is -2.38. The van der Waals surface area contributed by atoms with Gasteiger partial charge in [0.1, 0.15) is 12.9 Å². The number of rotatable bonds is 12. The Labute approximate surface area is 215 Å². The third kappa shape index (κ3) is 6.80. The highest BCUT2D eigenvalue weighted by atomic mass is 16.5. The topological polar surface area (TPSA) is 121 Å². The molecule has 4 rings (SSSR count). The average Bonchev–Trinajstić information content (AvgIpc) is 2.93. The molecule has 1 aliphatic rings. The molecule has 0 saturated carbocycles. The first-order chi connectivity index (χ1) is 18.1. The molecule has 0 amide bonds. The van der Waals surface area contributed by atoms with Crippen molar-refractivity contribution >= 4 is 23.3 Å². The van der Waals surface area contributed by atoms with Gasteiger partial charge in [0.25, 0.3) is 0 Å². The van der Waals surface area contributed by atoms with Crippen LogP contribution < -0.4 is 34.3 Å². The molecule has 2 aromatic carbocycles. The highest BCUT2D eigenvalue weighted by Gasteiger charge is 2.15. The molecule has 0 spiro atoms. The second-order valence-corrected chi connectivity index (χ2v) is 7.96. The minimum Gasteiger partial charge on any atom is -0.493 e. The van der Waals surface area contributed by atoms with E-state index in [1.165, 1.54) is 6.33 Å². The van der Waals surface area contributed by atoms with E-state index in [1.807, 2.05) is 18.2 Å². The zero-order valence-corrected chi connectivity index (χ0v) is 21.4. The van der Waals surface area contributed by atoms with Gasteiger partial charge in [-0.3, -0.25) is 4.90 Å². The fraction of sp³-hybridized carbons (Fsp3) is 0.400. The Hall–Kier alpha value is -4.03. The number of methoxy groups -OCH3 is 4. The van der Waals surface area contributed by atoms with Gasteiger partial charge in [-0.25, -0.2) is 9.97 Å². The Kier molecular flexibility index (Phi) is 9.00. The first kappa shape index (κ1) is 26.0. The molecule has 0 unspecified atom stereocenters. The van der Waals surface area contributed by atoms with E-state index in [0.717, 1.165) is 38.5 Å². The van der Waals surface area contributed by atoms with Crippen LogP contribution in [0.4, 0.5) is 23.3 Å². The summed E-state index contributed by atoms with van der Waals surface area (Å²) in [7, 11) is 6.28. The maximum atomic E-state index is 6.03. The van der Waals surface area contributed by atoms with Gasteiger partial charge in [-0.2, -0.15) is 4.98 Å². The lowest BCUT2D eigenvalue weighted by Gasteiger charge is -2.26. The highest BCUT2D eigenvalue weighted by molar-refractivity contribution is 5.66. The van der Waals surface area contributed by atoms with Crippen molar-refractivity contribution in [2.75, 3.05) is 78.5 Å². The molecule has 1 fully saturated rings. The Morgan fingerprint density at radius 1 is 0.784 bits per heavy atom. The van der Waals surface area contributed by atoms with Crippen LogP contribution in [0.2, 0.25) is 0 Å². The van der Waals surface area contributed by atoms with Crippen LogP contribution in [-0.4, -0.2) is 87.7 Å². The number of hydrogen-bond donors (Lipinski definition) is 2. The predicted octanol–water partition coefficient (Wildman–Crippen LogP) is 3.10. The Morgan fingerprint density at radius 3 is 2.03 bits per heavy atom. The summed E-state index contributed by atoms with van der Waals surface area (Å²) in [6.07, 6.45) is 1.42. The number of nitrogens with zero attached hydrogens (tertiary/aromatic N) is 4. The van der Waals surface area contributed by atoms with Gasteiger partial charge in [-0.1, -0.05) is 0 Å². The Balaban J connectivity index is 1.44. The fourth-order valence-electron chi connectivity index (χ4n) is 3.80. The van der Waals surface area contributed by atoms with Gasteiger partial charge < -0.3 is 39.1 Å². The second-order valence-electron chi connectivity index (χ2n) is 7.96. The van der Waals surface area contributed by atoms with Crippen LogP contribution in [-0.2, 0) is 4.74 Å². The van der Waals surface area contributed by atoms with Crippen molar-refractivity contribution in [3.05, 3.63) is 36.7 Å². The minimum atomic E-state index is 0.335. The largest absolute Gasteiger partial charge is 0.493 e. The summed E-state index contributed by atoms with van der Waals surface area (Å²) in [5, 5.41) is 6.33. The fourth-order valence-corrected chi connectivity index (χ4v) is 3.80. The lowest BCUT2D eigenvalue weighted by atomic mass is 10.2. The van der Waals surface area contributed by atoms with Crippen LogP contribution in [0.25, 0.3) is 0 Å². The maximum absolute atomic E-state index is 6.03. The first-order valence-corrected chi connectivity index (χ1v) is 11.8. The van der Waals surface area contributed by atoms with Crippen molar-refractivity contribution in [1.29, 1.82) is 0 Å². The number of anilines is 4. The lowest BCUT2D eigenvalue weighted by molar-refractivity contribution is 0.0321. The molecule has 0 bridgehead atoms. The molecule has 198 valence electrons. The predicted molar refractivity (Wildman–Crippen MR) is 138 cm³/mol. The summed E-state index contributed by atoms with van der Waals surface area (Å²) in [6.45, 7) is 4.68. The maximum Gasteiger partial charge on any atom is 0.232 e. The molecular formula is C25H32N6O6. The molecule has 3 aromatic rings. The van der Waals surface area contributed by atoms with Crippen LogP contribution in [0.3, 0.4) is 0 Å². The summed E-state index contributed by atoms with van der Waals surface area (Å²) in [5.41, 5.74) is 1.40. The van der Waals surface area contributed by atoms with Crippen molar-refractivity contribution in [2.45, 2.75) is 0 Å². The van der Waals surface area contributed by atoms with Crippen LogP contribution in [0.5, 0.6) is 28.7 Å². The Morgan fingerprint density at radius 2 is 1.41 bits per heavy atom. The van der Waals surface area contributed by atoms with Gasteiger partial charge in [0.05, 0.1) is 41.7 Å². The highest BCUT2D eigenvalue weighted by Crippen LogP contribution is 2.40. The third-order valence-electron chi connectivity index (χ3n) is 5.68. The third-order valence-corrected chi connectivity index (χ3v) is 5.68.